The second-order valence-electron chi connectivity index (χ2n) is 4.91. The SMILES string of the molecule is CCO[C@@]1(c2ccccc2)c2ccccc2S(=O)(=O)N1C. The van der Waals surface area contributed by atoms with Gasteiger partial charge in [-0.2, -0.15) is 4.31 Å². The molecule has 1 heterocycles. The van der Waals surface area contributed by atoms with Crippen molar-refractivity contribution in [2.75, 3.05) is 13.7 Å². The quantitative estimate of drug-likeness (QED) is 0.875. The maximum atomic E-state index is 12.7. The highest BCUT2D eigenvalue weighted by molar-refractivity contribution is 7.89. The van der Waals surface area contributed by atoms with E-state index in [1.807, 2.05) is 49.4 Å². The van der Waals surface area contributed by atoms with E-state index in [-0.39, 0.29) is 0 Å². The van der Waals surface area contributed by atoms with Crippen molar-refractivity contribution in [3.63, 3.8) is 0 Å². The van der Waals surface area contributed by atoms with Gasteiger partial charge in [0.15, 0.2) is 5.72 Å². The van der Waals surface area contributed by atoms with Crippen molar-refractivity contribution in [1.29, 1.82) is 0 Å². The van der Waals surface area contributed by atoms with Gasteiger partial charge in [-0.25, -0.2) is 8.42 Å². The summed E-state index contributed by atoms with van der Waals surface area (Å²) in [5.41, 5.74) is 0.384. The van der Waals surface area contributed by atoms with Crippen LogP contribution in [0.2, 0.25) is 0 Å². The zero-order chi connectivity index (χ0) is 15.1. The Morgan fingerprint density at radius 3 is 2.33 bits per heavy atom. The van der Waals surface area contributed by atoms with E-state index < -0.39 is 15.7 Å². The maximum Gasteiger partial charge on any atom is 0.246 e. The summed E-state index contributed by atoms with van der Waals surface area (Å²) in [6.45, 7) is 2.27. The predicted molar refractivity (Wildman–Crippen MR) is 80.2 cm³/mol. The molecule has 1 atom stereocenters. The summed E-state index contributed by atoms with van der Waals surface area (Å²) >= 11 is 0. The minimum atomic E-state index is -3.55. The van der Waals surface area contributed by atoms with E-state index in [4.69, 9.17) is 4.74 Å². The van der Waals surface area contributed by atoms with Crippen molar-refractivity contribution >= 4 is 10.0 Å². The van der Waals surface area contributed by atoms with Crippen LogP contribution in [0.3, 0.4) is 0 Å². The molecule has 0 fully saturated rings. The number of fused-ring (bicyclic) bond motifs is 1. The minimum absolute atomic E-state index is 0.310. The fraction of sp³-hybridized carbons (Fsp3) is 0.250. The van der Waals surface area contributed by atoms with Crippen LogP contribution in [0.25, 0.3) is 0 Å². The van der Waals surface area contributed by atoms with Crippen LogP contribution in [-0.2, 0) is 20.5 Å². The van der Waals surface area contributed by atoms with Crippen LogP contribution >= 0.6 is 0 Å². The molecular formula is C16H17NO3S. The van der Waals surface area contributed by atoms with Gasteiger partial charge in [0.2, 0.25) is 10.0 Å². The van der Waals surface area contributed by atoms with E-state index in [9.17, 15) is 8.42 Å². The van der Waals surface area contributed by atoms with Gasteiger partial charge in [-0.15, -0.1) is 0 Å². The molecule has 2 aromatic rings. The van der Waals surface area contributed by atoms with Crippen molar-refractivity contribution in [1.82, 2.24) is 4.31 Å². The van der Waals surface area contributed by atoms with Crippen LogP contribution < -0.4 is 0 Å². The van der Waals surface area contributed by atoms with Gasteiger partial charge < -0.3 is 4.74 Å². The van der Waals surface area contributed by atoms with Gasteiger partial charge in [0.25, 0.3) is 0 Å². The number of sulfonamides is 1. The lowest BCUT2D eigenvalue weighted by molar-refractivity contribution is -0.0777. The highest BCUT2D eigenvalue weighted by Crippen LogP contribution is 2.47. The van der Waals surface area contributed by atoms with Crippen LogP contribution in [0.15, 0.2) is 59.5 Å². The lowest BCUT2D eigenvalue weighted by Gasteiger charge is -2.35. The molecule has 21 heavy (non-hydrogen) atoms. The molecule has 0 aliphatic carbocycles. The average molecular weight is 303 g/mol. The molecule has 1 aliphatic rings. The van der Waals surface area contributed by atoms with Gasteiger partial charge in [-0.05, 0) is 13.0 Å². The first kappa shape index (κ1) is 14.3. The fourth-order valence-electron chi connectivity index (χ4n) is 2.92. The Morgan fingerprint density at radius 1 is 1.05 bits per heavy atom. The van der Waals surface area contributed by atoms with E-state index in [1.165, 1.54) is 4.31 Å². The first-order chi connectivity index (χ1) is 10.0. The van der Waals surface area contributed by atoms with Gasteiger partial charge in [0.05, 0.1) is 4.90 Å². The molecule has 0 saturated heterocycles. The Kier molecular flexibility index (Phi) is 3.36. The first-order valence-corrected chi connectivity index (χ1v) is 8.27. The van der Waals surface area contributed by atoms with Crippen molar-refractivity contribution in [3.8, 4) is 0 Å². The Balaban J connectivity index is 2.36. The highest BCUT2D eigenvalue weighted by Gasteiger charge is 2.54. The molecule has 0 spiro atoms. The number of hydrogen-bond donors (Lipinski definition) is 0. The summed E-state index contributed by atoms with van der Waals surface area (Å²) in [7, 11) is -1.99. The molecule has 1 aliphatic heterocycles. The van der Waals surface area contributed by atoms with Crippen molar-refractivity contribution in [3.05, 3.63) is 65.7 Å². The molecule has 0 unspecified atom stereocenters. The van der Waals surface area contributed by atoms with Gasteiger partial charge in [-0.3, -0.25) is 0 Å². The Hall–Kier alpha value is -1.69. The van der Waals surface area contributed by atoms with Gasteiger partial charge in [0.1, 0.15) is 0 Å². The zero-order valence-electron chi connectivity index (χ0n) is 12.0. The molecule has 0 radical (unpaired) electrons. The first-order valence-electron chi connectivity index (χ1n) is 6.83. The van der Waals surface area contributed by atoms with Crippen molar-refractivity contribution < 1.29 is 13.2 Å². The lowest BCUT2D eigenvalue weighted by Crippen LogP contribution is -2.44. The predicted octanol–water partition coefficient (Wildman–Crippen LogP) is 2.56. The Morgan fingerprint density at radius 2 is 1.67 bits per heavy atom. The van der Waals surface area contributed by atoms with Gasteiger partial charge >= 0.3 is 0 Å². The van der Waals surface area contributed by atoms with E-state index >= 15 is 0 Å². The van der Waals surface area contributed by atoms with E-state index in [1.54, 1.807) is 19.2 Å². The molecule has 110 valence electrons. The summed E-state index contributed by atoms with van der Waals surface area (Å²) < 4.78 is 32.7. The van der Waals surface area contributed by atoms with Crippen LogP contribution in [-0.4, -0.2) is 26.4 Å². The fourth-order valence-corrected chi connectivity index (χ4v) is 4.54. The number of ether oxygens (including phenoxy) is 1. The van der Waals surface area contributed by atoms with Crippen LogP contribution in [0, 0.1) is 0 Å². The number of hydrogen-bond acceptors (Lipinski definition) is 3. The molecule has 4 nitrogen and oxygen atoms in total. The largest absolute Gasteiger partial charge is 0.351 e. The molecule has 3 rings (SSSR count). The molecule has 0 saturated carbocycles. The van der Waals surface area contributed by atoms with Crippen LogP contribution in [0.4, 0.5) is 0 Å². The molecule has 0 N–H and O–H groups in total. The zero-order valence-corrected chi connectivity index (χ0v) is 12.8. The average Bonchev–Trinajstić information content (AvgIpc) is 2.68. The topological polar surface area (TPSA) is 46.6 Å². The van der Waals surface area contributed by atoms with E-state index in [0.29, 0.717) is 17.1 Å². The summed E-state index contributed by atoms with van der Waals surface area (Å²) in [6.07, 6.45) is 0. The van der Waals surface area contributed by atoms with Crippen molar-refractivity contribution in [2.24, 2.45) is 0 Å². The second kappa shape index (κ2) is 4.94. The van der Waals surface area contributed by atoms with E-state index in [0.717, 1.165) is 5.56 Å². The lowest BCUT2D eigenvalue weighted by atomic mass is 9.94. The van der Waals surface area contributed by atoms with Crippen molar-refractivity contribution in [2.45, 2.75) is 17.5 Å². The normalized spacial score (nSPS) is 23.9. The smallest absolute Gasteiger partial charge is 0.246 e. The summed E-state index contributed by atoms with van der Waals surface area (Å²) in [5.74, 6) is 0. The van der Waals surface area contributed by atoms with Gasteiger partial charge in [0, 0.05) is 24.8 Å². The maximum absolute atomic E-state index is 12.7. The van der Waals surface area contributed by atoms with Gasteiger partial charge in [-0.1, -0.05) is 48.5 Å². The van der Waals surface area contributed by atoms with E-state index in [2.05, 4.69) is 0 Å². The third-order valence-electron chi connectivity index (χ3n) is 3.85. The second-order valence-corrected chi connectivity index (χ2v) is 6.85. The molecular weight excluding hydrogens is 286 g/mol. The van der Waals surface area contributed by atoms with Crippen LogP contribution in [0.1, 0.15) is 18.1 Å². The molecule has 0 aromatic heterocycles. The molecule has 2 aromatic carbocycles. The Labute approximate surface area is 125 Å². The molecule has 5 heteroatoms. The number of rotatable bonds is 3. The minimum Gasteiger partial charge on any atom is -0.351 e. The molecule has 0 amide bonds. The third kappa shape index (κ3) is 1.85. The molecule has 0 bridgehead atoms. The number of nitrogens with zero attached hydrogens (tertiary/aromatic N) is 1. The number of benzene rings is 2. The summed E-state index contributed by atoms with van der Waals surface area (Å²) in [4.78, 5) is 0.310. The van der Waals surface area contributed by atoms with Crippen LogP contribution in [0.5, 0.6) is 0 Å². The summed E-state index contributed by atoms with van der Waals surface area (Å²) in [5, 5.41) is 0. The highest BCUT2D eigenvalue weighted by atomic mass is 32.2. The third-order valence-corrected chi connectivity index (χ3v) is 5.74. The Bertz CT molecular complexity index is 758. The monoisotopic (exact) mass is 303 g/mol. The summed E-state index contributed by atoms with van der Waals surface area (Å²) in [6, 6.07) is 16.5. The standard InChI is InChI=1S/C16H17NO3S/c1-3-20-16(13-9-5-4-6-10-13)14-11-7-8-12-15(14)21(18,19)17(16)2/h4-12H,3H2,1-2H3/t16-/m0/s1.